The molecule has 4 aliphatic rings. The SMILES string of the molecule is CC(=O)OCC(=O)[C@H]1CC(F)(F)[C@H]2[C@@H]3CCC4CC(=O)CC[C@]4(C)[C@H]3CC[C@]12C. The van der Waals surface area contributed by atoms with Crippen LogP contribution in [0, 0.1) is 40.4 Å². The van der Waals surface area contributed by atoms with Crippen molar-refractivity contribution in [1.82, 2.24) is 0 Å². The molecule has 7 atom stereocenters. The van der Waals surface area contributed by atoms with Crippen LogP contribution in [0.15, 0.2) is 0 Å². The molecule has 0 amide bonds. The van der Waals surface area contributed by atoms with Gasteiger partial charge in [0.15, 0.2) is 5.78 Å². The zero-order chi connectivity index (χ0) is 21.2. The van der Waals surface area contributed by atoms with E-state index in [1.807, 2.05) is 6.92 Å². The van der Waals surface area contributed by atoms with Gasteiger partial charge in [-0.1, -0.05) is 13.8 Å². The van der Waals surface area contributed by atoms with Gasteiger partial charge in [0.1, 0.15) is 12.4 Å². The van der Waals surface area contributed by atoms with Crippen LogP contribution in [0.1, 0.15) is 72.1 Å². The zero-order valence-corrected chi connectivity index (χ0v) is 17.6. The second-order valence-corrected chi connectivity index (χ2v) is 10.6. The summed E-state index contributed by atoms with van der Waals surface area (Å²) < 4.78 is 35.7. The van der Waals surface area contributed by atoms with Crippen molar-refractivity contribution in [3.63, 3.8) is 0 Å². The first kappa shape index (κ1) is 20.9. The number of alkyl halides is 2. The minimum absolute atomic E-state index is 0.0475. The number of Topliss-reactive ketones (excluding diaryl/α,β-unsaturated/α-hetero) is 2. The molecule has 4 rings (SSSR count). The van der Waals surface area contributed by atoms with Crippen LogP contribution in [0.25, 0.3) is 0 Å². The predicted octanol–water partition coefficient (Wildman–Crippen LogP) is 4.59. The van der Waals surface area contributed by atoms with E-state index in [1.165, 1.54) is 6.92 Å². The van der Waals surface area contributed by atoms with Gasteiger partial charge in [0.05, 0.1) is 0 Å². The first-order valence-corrected chi connectivity index (χ1v) is 11.0. The summed E-state index contributed by atoms with van der Waals surface area (Å²) in [5, 5.41) is 0. The van der Waals surface area contributed by atoms with Crippen LogP contribution in [0.5, 0.6) is 0 Å². The number of hydrogen-bond acceptors (Lipinski definition) is 4. The highest BCUT2D eigenvalue weighted by atomic mass is 19.3. The Hall–Kier alpha value is -1.33. The maximum Gasteiger partial charge on any atom is 0.303 e. The molecule has 0 bridgehead atoms. The molecule has 0 aromatic carbocycles. The van der Waals surface area contributed by atoms with E-state index >= 15 is 8.78 Å². The lowest BCUT2D eigenvalue weighted by molar-refractivity contribution is -0.172. The average Bonchev–Trinajstić information content (AvgIpc) is 2.86. The van der Waals surface area contributed by atoms with E-state index in [1.54, 1.807) is 0 Å². The van der Waals surface area contributed by atoms with Crippen molar-refractivity contribution in [1.29, 1.82) is 0 Å². The normalized spacial score (nSPS) is 45.7. The number of ether oxygens (including phenoxy) is 1. The summed E-state index contributed by atoms with van der Waals surface area (Å²) in [7, 11) is 0. The van der Waals surface area contributed by atoms with E-state index in [0.29, 0.717) is 31.0 Å². The molecule has 1 unspecified atom stereocenters. The van der Waals surface area contributed by atoms with E-state index in [2.05, 4.69) is 6.92 Å². The molecule has 29 heavy (non-hydrogen) atoms. The zero-order valence-electron chi connectivity index (χ0n) is 17.6. The fourth-order valence-electron chi connectivity index (χ4n) is 7.85. The van der Waals surface area contributed by atoms with E-state index in [4.69, 9.17) is 4.74 Å². The number of hydrogen-bond donors (Lipinski definition) is 0. The van der Waals surface area contributed by atoms with Gasteiger partial charge in [-0.2, -0.15) is 0 Å². The van der Waals surface area contributed by atoms with Crippen molar-refractivity contribution in [3.05, 3.63) is 0 Å². The van der Waals surface area contributed by atoms with Crippen molar-refractivity contribution < 1.29 is 27.9 Å². The quantitative estimate of drug-likeness (QED) is 0.639. The Kier molecular flexibility index (Phi) is 4.94. The Labute approximate surface area is 171 Å². The Morgan fingerprint density at radius 2 is 1.83 bits per heavy atom. The number of esters is 1. The molecular formula is C23H32F2O4. The highest BCUT2D eigenvalue weighted by Gasteiger charge is 2.70. The predicted molar refractivity (Wildman–Crippen MR) is 102 cm³/mol. The molecule has 0 radical (unpaired) electrons. The third-order valence-corrected chi connectivity index (χ3v) is 9.23. The molecule has 0 aromatic rings. The smallest absolute Gasteiger partial charge is 0.303 e. The molecule has 162 valence electrons. The lowest BCUT2D eigenvalue weighted by Crippen LogP contribution is -2.56. The molecule has 0 heterocycles. The molecule has 0 N–H and O–H groups in total. The summed E-state index contributed by atoms with van der Waals surface area (Å²) >= 11 is 0. The van der Waals surface area contributed by atoms with Gasteiger partial charge in [-0.15, -0.1) is 0 Å². The minimum Gasteiger partial charge on any atom is -0.458 e. The summed E-state index contributed by atoms with van der Waals surface area (Å²) in [5.41, 5.74) is -0.802. The largest absolute Gasteiger partial charge is 0.458 e. The first-order chi connectivity index (χ1) is 13.5. The van der Waals surface area contributed by atoms with Gasteiger partial charge < -0.3 is 4.74 Å². The molecule has 4 nitrogen and oxygen atoms in total. The van der Waals surface area contributed by atoms with Gasteiger partial charge >= 0.3 is 5.97 Å². The van der Waals surface area contributed by atoms with Crippen LogP contribution in [0.4, 0.5) is 8.78 Å². The second kappa shape index (κ2) is 6.84. The van der Waals surface area contributed by atoms with E-state index in [9.17, 15) is 14.4 Å². The average molecular weight is 411 g/mol. The molecule has 0 spiro atoms. The number of fused-ring (bicyclic) bond motifs is 5. The van der Waals surface area contributed by atoms with Gasteiger partial charge in [0.25, 0.3) is 5.92 Å². The molecule has 4 fully saturated rings. The van der Waals surface area contributed by atoms with Crippen molar-refractivity contribution in [2.45, 2.75) is 78.1 Å². The summed E-state index contributed by atoms with van der Waals surface area (Å²) in [4.78, 5) is 35.8. The van der Waals surface area contributed by atoms with Crippen LogP contribution in [-0.2, 0) is 19.1 Å². The van der Waals surface area contributed by atoms with E-state index < -0.39 is 42.2 Å². The van der Waals surface area contributed by atoms with Gasteiger partial charge in [-0.25, -0.2) is 8.78 Å². The molecular weight excluding hydrogens is 378 g/mol. The van der Waals surface area contributed by atoms with Crippen LogP contribution in [0.3, 0.4) is 0 Å². The third kappa shape index (κ3) is 3.16. The number of carbonyl (C=O) groups excluding carboxylic acids is 3. The Morgan fingerprint density at radius 1 is 1.10 bits per heavy atom. The monoisotopic (exact) mass is 410 g/mol. The van der Waals surface area contributed by atoms with Gasteiger partial charge in [-0.05, 0) is 60.7 Å². The molecule has 6 heteroatoms. The van der Waals surface area contributed by atoms with Gasteiger partial charge in [-0.3, -0.25) is 14.4 Å². The summed E-state index contributed by atoms with van der Waals surface area (Å²) in [6.45, 7) is 4.90. The maximum absolute atomic E-state index is 15.4. The fourth-order valence-corrected chi connectivity index (χ4v) is 7.85. The number of rotatable bonds is 3. The van der Waals surface area contributed by atoms with E-state index in [0.717, 1.165) is 25.7 Å². The molecule has 4 aliphatic carbocycles. The number of carbonyl (C=O) groups is 3. The molecule has 0 aliphatic heterocycles. The van der Waals surface area contributed by atoms with Crippen LogP contribution >= 0.6 is 0 Å². The molecule has 0 saturated heterocycles. The van der Waals surface area contributed by atoms with Crippen molar-refractivity contribution >= 4 is 17.5 Å². The lowest BCUT2D eigenvalue weighted by atomic mass is 9.44. The Morgan fingerprint density at radius 3 is 2.52 bits per heavy atom. The van der Waals surface area contributed by atoms with Crippen molar-refractivity contribution in [2.75, 3.05) is 6.61 Å². The number of halogens is 2. The molecule has 0 aromatic heterocycles. The Balaban J connectivity index is 1.62. The highest BCUT2D eigenvalue weighted by molar-refractivity contribution is 5.85. The lowest BCUT2D eigenvalue weighted by Gasteiger charge is -2.60. The third-order valence-electron chi connectivity index (χ3n) is 9.23. The van der Waals surface area contributed by atoms with Gasteiger partial charge in [0, 0.05) is 38.0 Å². The van der Waals surface area contributed by atoms with Crippen LogP contribution in [-0.4, -0.2) is 30.1 Å². The fraction of sp³-hybridized carbons (Fsp3) is 0.870. The van der Waals surface area contributed by atoms with E-state index in [-0.39, 0.29) is 23.0 Å². The van der Waals surface area contributed by atoms with Crippen molar-refractivity contribution in [2.24, 2.45) is 40.4 Å². The van der Waals surface area contributed by atoms with Gasteiger partial charge in [0.2, 0.25) is 0 Å². The number of ketones is 2. The maximum atomic E-state index is 15.4. The minimum atomic E-state index is -2.89. The topological polar surface area (TPSA) is 60.4 Å². The summed E-state index contributed by atoms with van der Waals surface area (Å²) in [6, 6.07) is 0. The Bertz CT molecular complexity index is 734. The highest BCUT2D eigenvalue weighted by Crippen LogP contribution is 2.70. The van der Waals surface area contributed by atoms with Crippen LogP contribution < -0.4 is 0 Å². The van der Waals surface area contributed by atoms with Crippen LogP contribution in [0.2, 0.25) is 0 Å². The standard InChI is InChI=1S/C23H32F2O4/c1-13(26)29-12-19(28)18-11-23(24,25)20-16-5-4-14-10-15(27)6-8-21(14,2)17(16)7-9-22(18,20)3/h14,16-18,20H,4-12H2,1-3H3/t14?,16-,17+,18-,20+,21+,22-/m1/s1. The van der Waals surface area contributed by atoms with Crippen molar-refractivity contribution in [3.8, 4) is 0 Å². The summed E-state index contributed by atoms with van der Waals surface area (Å²) in [6.07, 6.45) is 4.53. The molecule has 4 saturated carbocycles. The second-order valence-electron chi connectivity index (χ2n) is 10.6. The first-order valence-electron chi connectivity index (χ1n) is 11.0. The summed E-state index contributed by atoms with van der Waals surface area (Å²) in [5.74, 6) is -4.68.